The van der Waals surface area contributed by atoms with Crippen molar-refractivity contribution >= 4 is 79.8 Å². The fourth-order valence-electron chi connectivity index (χ4n) is 4.14. The molecule has 0 saturated heterocycles. The molecule has 3 amide bonds. The number of benzene rings is 3. The normalized spacial score (nSPS) is 19.0. The van der Waals surface area contributed by atoms with Crippen molar-refractivity contribution in [2.24, 2.45) is 5.92 Å². The summed E-state index contributed by atoms with van der Waals surface area (Å²) in [4.78, 5) is 34.8. The Morgan fingerprint density at radius 2 is 1.52 bits per heavy atom. The van der Waals surface area contributed by atoms with Crippen LogP contribution in [0.25, 0.3) is 0 Å². The van der Waals surface area contributed by atoms with Crippen molar-refractivity contribution in [1.82, 2.24) is 0 Å². The number of hydrogen-bond acceptors (Lipinski definition) is 3. The topological polar surface area (TPSA) is 87.3 Å². The third-order valence-electron chi connectivity index (χ3n) is 6.26. The van der Waals surface area contributed by atoms with E-state index in [-0.39, 0.29) is 28.4 Å². The zero-order valence-corrected chi connectivity index (χ0v) is 24.2. The maximum Gasteiger partial charge on any atom is 0.315 e. The maximum absolute atomic E-state index is 14.7. The highest BCUT2D eigenvalue weighted by Crippen LogP contribution is 3.02. The minimum atomic E-state index is -10.1. The van der Waals surface area contributed by atoms with Gasteiger partial charge in [-0.1, -0.05) is 43.2 Å². The molecule has 0 aromatic heterocycles. The first-order chi connectivity index (χ1) is 20.0. The van der Waals surface area contributed by atoms with Crippen LogP contribution in [-0.2, 0) is 9.59 Å². The number of carbonyl (C=O) groups is 3. The zero-order chi connectivity index (χ0) is 33.1. The van der Waals surface area contributed by atoms with Crippen LogP contribution in [0.4, 0.5) is 54.1 Å². The molecule has 1 saturated carbocycles. The third-order valence-corrected chi connectivity index (χ3v) is 8.68. The Morgan fingerprint density at radius 3 is 2.14 bits per heavy atom. The summed E-state index contributed by atoms with van der Waals surface area (Å²) in [6.45, 7) is 0. The molecule has 2 atom stereocenters. The molecule has 1 aliphatic carbocycles. The molecule has 3 aromatic rings. The molecular weight excluding hydrogens is 700 g/mol. The molecule has 0 bridgehead atoms. The standard InChI is InChI=1S/C25H15Cl3F9N3O3S/c26-14-5-4-11(9-13(14)22(41)39-16-7-6-15(29)20(19(16)30)40-24(43)21(31)32)38-23(42)18-17(25(18,27)28)10-2-1-3-12(8-10)44(33,34,35,36)37/h1-9,17-18,21H,(H,38,42)(H,39,41)(H,40,43). The molecule has 3 aromatic carbocycles. The molecule has 44 heavy (non-hydrogen) atoms. The fraction of sp³-hybridized carbons (Fsp3) is 0.160. The smallest absolute Gasteiger partial charge is 0.315 e. The Balaban J connectivity index is 1.53. The summed E-state index contributed by atoms with van der Waals surface area (Å²) < 4.78 is 118. The predicted molar refractivity (Wildman–Crippen MR) is 148 cm³/mol. The second-order valence-corrected chi connectivity index (χ2v) is 13.6. The summed E-state index contributed by atoms with van der Waals surface area (Å²) in [5, 5.41) is 5.42. The number of alkyl halides is 4. The number of hydrogen-bond donors (Lipinski definition) is 3. The lowest BCUT2D eigenvalue weighted by molar-refractivity contribution is -0.126. The Labute approximate surface area is 256 Å². The molecule has 1 aliphatic rings. The van der Waals surface area contributed by atoms with Crippen molar-refractivity contribution in [3.63, 3.8) is 0 Å². The van der Waals surface area contributed by atoms with Crippen LogP contribution in [-0.4, -0.2) is 28.5 Å². The monoisotopic (exact) mass is 713 g/mol. The Hall–Kier alpha value is -3.34. The van der Waals surface area contributed by atoms with Crippen LogP contribution >= 0.6 is 45.0 Å². The molecule has 3 N–H and O–H groups in total. The van der Waals surface area contributed by atoms with Crippen LogP contribution < -0.4 is 16.0 Å². The third kappa shape index (κ3) is 6.98. The van der Waals surface area contributed by atoms with Gasteiger partial charge in [0, 0.05) is 11.6 Å². The highest BCUT2D eigenvalue weighted by molar-refractivity contribution is 8.45. The summed E-state index contributed by atoms with van der Waals surface area (Å²) in [5.74, 6) is -9.93. The Morgan fingerprint density at radius 1 is 0.864 bits per heavy atom. The van der Waals surface area contributed by atoms with Crippen LogP contribution in [0.2, 0.25) is 5.02 Å². The highest BCUT2D eigenvalue weighted by Gasteiger charge is 2.69. The van der Waals surface area contributed by atoms with Gasteiger partial charge in [0.2, 0.25) is 5.91 Å². The van der Waals surface area contributed by atoms with E-state index >= 15 is 0 Å². The van der Waals surface area contributed by atoms with Gasteiger partial charge in [0.05, 0.1) is 22.2 Å². The lowest BCUT2D eigenvalue weighted by Crippen LogP contribution is -2.22. The van der Waals surface area contributed by atoms with Crippen LogP contribution in [0.1, 0.15) is 21.8 Å². The molecule has 4 rings (SSSR count). The van der Waals surface area contributed by atoms with E-state index in [0.717, 1.165) is 24.3 Å². The van der Waals surface area contributed by atoms with E-state index in [1.54, 1.807) is 0 Å². The summed E-state index contributed by atoms with van der Waals surface area (Å²) in [7, 11) is -10.1. The maximum atomic E-state index is 14.7. The zero-order valence-electron chi connectivity index (χ0n) is 21.1. The van der Waals surface area contributed by atoms with Crippen molar-refractivity contribution < 1.29 is 51.4 Å². The minimum Gasteiger partial charge on any atom is -0.326 e. The van der Waals surface area contributed by atoms with Crippen LogP contribution in [0.5, 0.6) is 0 Å². The molecule has 19 heteroatoms. The summed E-state index contributed by atoms with van der Waals surface area (Å²) >= 11 is 18.3. The van der Waals surface area contributed by atoms with E-state index < -0.39 is 84.0 Å². The fourth-order valence-corrected chi connectivity index (χ4v) is 5.87. The van der Waals surface area contributed by atoms with Gasteiger partial charge in [0.25, 0.3) is 11.8 Å². The SMILES string of the molecule is O=C(Nc1ccc(F)c(NC(=O)C(F)F)c1F)c1cc(NC(=O)C2C(c3cccc(S(F)(F)(F)(F)F)c3)C2(Cl)Cl)ccc1Cl. The van der Waals surface area contributed by atoms with Crippen LogP contribution in [0.3, 0.4) is 0 Å². The van der Waals surface area contributed by atoms with E-state index in [9.17, 15) is 51.4 Å². The lowest BCUT2D eigenvalue weighted by atomic mass is 10.1. The van der Waals surface area contributed by atoms with Gasteiger partial charge in [0.15, 0.2) is 5.82 Å². The summed E-state index contributed by atoms with van der Waals surface area (Å²) in [5.41, 5.74) is -2.97. The Kier molecular flexibility index (Phi) is 8.11. The number of halogens is 12. The van der Waals surface area contributed by atoms with E-state index in [2.05, 4.69) is 5.32 Å². The molecule has 0 aliphatic heterocycles. The van der Waals surface area contributed by atoms with Gasteiger partial charge in [-0.3, -0.25) is 14.4 Å². The molecule has 0 spiro atoms. The average Bonchev–Trinajstić information content (AvgIpc) is 3.49. The average molecular weight is 715 g/mol. The number of anilines is 3. The Bertz CT molecular complexity index is 1710. The van der Waals surface area contributed by atoms with Crippen molar-refractivity contribution in [3.05, 3.63) is 82.4 Å². The first kappa shape index (κ1) is 33.6. The van der Waals surface area contributed by atoms with Gasteiger partial charge in [-0.15, -0.1) is 23.2 Å². The largest absolute Gasteiger partial charge is 0.326 e. The number of rotatable bonds is 8. The van der Waals surface area contributed by atoms with E-state index in [1.165, 1.54) is 11.4 Å². The number of nitrogens with one attached hydrogen (secondary N) is 3. The predicted octanol–water partition coefficient (Wildman–Crippen LogP) is 9.26. The van der Waals surface area contributed by atoms with Gasteiger partial charge in [0.1, 0.15) is 20.7 Å². The van der Waals surface area contributed by atoms with Gasteiger partial charge >= 0.3 is 16.6 Å². The summed E-state index contributed by atoms with van der Waals surface area (Å²) in [6.07, 6.45) is -3.60. The van der Waals surface area contributed by atoms with Crippen molar-refractivity contribution in [1.29, 1.82) is 0 Å². The molecule has 0 heterocycles. The van der Waals surface area contributed by atoms with Crippen LogP contribution in [0, 0.1) is 17.6 Å². The van der Waals surface area contributed by atoms with Gasteiger partial charge in [-0.05, 0) is 48.0 Å². The van der Waals surface area contributed by atoms with Gasteiger partial charge in [-0.25, -0.2) is 8.78 Å². The molecular formula is C25H15Cl3F9N3O3S. The molecule has 2 unspecified atom stereocenters. The second-order valence-electron chi connectivity index (χ2n) is 9.38. The number of carbonyl (C=O) groups excluding carboxylic acids is 3. The quantitative estimate of drug-likeness (QED) is 0.161. The first-order valence-corrected chi connectivity index (χ1v) is 14.8. The highest BCUT2D eigenvalue weighted by atomic mass is 35.5. The van der Waals surface area contributed by atoms with E-state index in [1.807, 2.05) is 5.32 Å². The number of amides is 3. The van der Waals surface area contributed by atoms with Crippen molar-refractivity contribution in [2.45, 2.75) is 21.6 Å². The second kappa shape index (κ2) is 10.6. The molecule has 0 radical (unpaired) electrons. The minimum absolute atomic E-state index is 0.149. The summed E-state index contributed by atoms with van der Waals surface area (Å²) in [6, 6.07) is 6.64. The molecule has 6 nitrogen and oxygen atoms in total. The van der Waals surface area contributed by atoms with E-state index in [4.69, 9.17) is 34.8 Å². The van der Waals surface area contributed by atoms with Crippen molar-refractivity contribution in [3.8, 4) is 0 Å². The van der Waals surface area contributed by atoms with Crippen molar-refractivity contribution in [2.75, 3.05) is 16.0 Å². The molecule has 238 valence electrons. The van der Waals surface area contributed by atoms with Gasteiger partial charge in [-0.2, -0.15) is 8.78 Å². The van der Waals surface area contributed by atoms with E-state index in [0.29, 0.717) is 12.1 Å². The van der Waals surface area contributed by atoms with Gasteiger partial charge < -0.3 is 16.0 Å². The first-order valence-electron chi connectivity index (χ1n) is 11.7. The lowest BCUT2D eigenvalue weighted by Gasteiger charge is -2.40. The van der Waals surface area contributed by atoms with Crippen LogP contribution in [0.15, 0.2) is 59.5 Å². The molecule has 1 fully saturated rings.